The van der Waals surface area contributed by atoms with Crippen LogP contribution in [-0.4, -0.2) is 98.3 Å². The van der Waals surface area contributed by atoms with E-state index in [0.29, 0.717) is 12.8 Å². The number of aliphatic hydroxyl groups is 5. The third-order valence-corrected chi connectivity index (χ3v) is 13.2. The Bertz CT molecular complexity index is 1350. The van der Waals surface area contributed by atoms with Gasteiger partial charge < -0.3 is 39.9 Å². The lowest BCUT2D eigenvalue weighted by Gasteiger charge is -2.41. The van der Waals surface area contributed by atoms with Crippen LogP contribution in [0.25, 0.3) is 0 Å². The molecule has 0 amide bonds. The number of hydrogen-bond acceptors (Lipinski definition) is 12. The summed E-state index contributed by atoms with van der Waals surface area (Å²) < 4.78 is 33.6. The van der Waals surface area contributed by atoms with Gasteiger partial charge in [0.15, 0.2) is 6.10 Å². The minimum atomic E-state index is -5.13. The van der Waals surface area contributed by atoms with Crippen LogP contribution in [0.15, 0.2) is 48.6 Å². The first-order valence-electron chi connectivity index (χ1n) is 26.4. The summed E-state index contributed by atoms with van der Waals surface area (Å²) in [5.74, 6) is -1.13. The molecule has 1 aliphatic rings. The van der Waals surface area contributed by atoms with Crippen molar-refractivity contribution >= 4 is 19.8 Å². The van der Waals surface area contributed by atoms with Crippen LogP contribution in [0.1, 0.15) is 219 Å². The summed E-state index contributed by atoms with van der Waals surface area (Å²) in [5.41, 5.74) is 0. The van der Waals surface area contributed by atoms with E-state index in [1.807, 2.05) is 0 Å². The number of phosphoric ester groups is 1. The Morgan fingerprint density at radius 2 is 0.806 bits per heavy atom. The maximum absolute atomic E-state index is 12.9. The van der Waals surface area contributed by atoms with Crippen LogP contribution in [-0.2, 0) is 32.7 Å². The summed E-state index contributed by atoms with van der Waals surface area (Å²) in [6.45, 7) is 3.28. The van der Waals surface area contributed by atoms with Crippen LogP contribution in [0.2, 0.25) is 0 Å². The Balaban J connectivity index is 2.41. The van der Waals surface area contributed by atoms with Crippen molar-refractivity contribution in [1.82, 2.24) is 0 Å². The SMILES string of the molecule is CCCCC/C=C\C/C=C\C/C=C\C/C=C\CCCCCC(=O)OC[C@H](COP(=O)(O)OC1C(O)C(O)C(O)[C@@H](O)C1O)OC(=O)CCCCCCCCCCCCCCCCCCCCC. The van der Waals surface area contributed by atoms with Crippen LogP contribution < -0.4 is 0 Å². The molecule has 0 heterocycles. The molecule has 6 unspecified atom stereocenters. The van der Waals surface area contributed by atoms with Crippen molar-refractivity contribution in [2.75, 3.05) is 13.2 Å². The lowest BCUT2D eigenvalue weighted by molar-refractivity contribution is -0.220. The van der Waals surface area contributed by atoms with Gasteiger partial charge in [0.25, 0.3) is 0 Å². The highest BCUT2D eigenvalue weighted by molar-refractivity contribution is 7.47. The molecule has 0 bridgehead atoms. The Morgan fingerprint density at radius 1 is 0.463 bits per heavy atom. The van der Waals surface area contributed by atoms with E-state index in [0.717, 1.165) is 70.6 Å². The smallest absolute Gasteiger partial charge is 0.462 e. The lowest BCUT2D eigenvalue weighted by Crippen LogP contribution is -2.64. The minimum Gasteiger partial charge on any atom is -0.462 e. The molecule has 1 aliphatic carbocycles. The number of hydrogen-bond donors (Lipinski definition) is 6. The van der Waals surface area contributed by atoms with Gasteiger partial charge >= 0.3 is 19.8 Å². The molecule has 1 saturated carbocycles. The summed E-state index contributed by atoms with van der Waals surface area (Å²) in [7, 11) is -5.13. The zero-order chi connectivity index (χ0) is 49.2. The van der Waals surface area contributed by atoms with Crippen LogP contribution in [0.4, 0.5) is 0 Å². The largest absolute Gasteiger partial charge is 0.472 e. The second-order valence-corrected chi connectivity index (χ2v) is 19.8. The second kappa shape index (κ2) is 42.7. The topological polar surface area (TPSA) is 210 Å². The second-order valence-electron chi connectivity index (χ2n) is 18.4. The number of unbranched alkanes of at least 4 members (excludes halogenated alkanes) is 24. The highest BCUT2D eigenvalue weighted by Gasteiger charge is 2.51. The van der Waals surface area contributed by atoms with E-state index in [1.54, 1.807) is 0 Å². The first kappa shape index (κ1) is 62.8. The van der Waals surface area contributed by atoms with Crippen molar-refractivity contribution in [3.63, 3.8) is 0 Å². The highest BCUT2D eigenvalue weighted by Crippen LogP contribution is 2.47. The molecule has 0 aliphatic heterocycles. The predicted molar refractivity (Wildman–Crippen MR) is 267 cm³/mol. The molecule has 0 aromatic rings. The van der Waals surface area contributed by atoms with Crippen molar-refractivity contribution < 1.29 is 63.1 Å². The first-order chi connectivity index (χ1) is 32.4. The molecular formula is C53H95O13P. The minimum absolute atomic E-state index is 0.0919. The number of phosphoric acid groups is 1. The van der Waals surface area contributed by atoms with Gasteiger partial charge in [-0.2, -0.15) is 0 Å². The van der Waals surface area contributed by atoms with Crippen molar-refractivity contribution in [3.05, 3.63) is 48.6 Å². The fraction of sp³-hybridized carbons (Fsp3) is 0.811. The standard InChI is InChI=1S/C53H95O13P/c1-3-5-7-9-11-13-15-17-19-21-23-25-27-29-31-33-35-37-39-41-46(54)63-43-45(44-64-67(61,62)66-53-51(59)49(57)48(56)50(58)52(53)60)65-47(55)42-40-38-36-34-32-30-28-26-24-22-20-18-16-14-12-10-8-6-4-2/h11,13,17,19,23,25,29,31,45,48-53,56-60H,3-10,12,14-16,18,20-22,24,26-28,30,32-44H2,1-2H3,(H,61,62)/b13-11-,19-17-,25-23-,31-29-/t45-,48?,49-,50?,51?,52?,53?/m1/s1. The average molecular weight is 971 g/mol. The molecule has 0 aromatic heterocycles. The summed E-state index contributed by atoms with van der Waals surface area (Å²) in [6.07, 6.45) is 38.7. The number of rotatable bonds is 44. The third kappa shape index (κ3) is 34.7. The van der Waals surface area contributed by atoms with Gasteiger partial charge in [0, 0.05) is 12.8 Å². The number of carbonyl (C=O) groups excluding carboxylic acids is 2. The number of esters is 2. The zero-order valence-electron chi connectivity index (χ0n) is 41.7. The van der Waals surface area contributed by atoms with E-state index in [-0.39, 0.29) is 12.8 Å². The molecule has 67 heavy (non-hydrogen) atoms. The molecule has 1 fully saturated rings. The van der Waals surface area contributed by atoms with Crippen molar-refractivity contribution in [3.8, 4) is 0 Å². The maximum Gasteiger partial charge on any atom is 0.472 e. The molecule has 14 heteroatoms. The number of aliphatic hydroxyl groups excluding tert-OH is 5. The molecule has 1 rings (SSSR count). The first-order valence-corrected chi connectivity index (χ1v) is 27.9. The van der Waals surface area contributed by atoms with Gasteiger partial charge in [0.05, 0.1) is 6.61 Å². The van der Waals surface area contributed by atoms with Crippen LogP contribution in [0.5, 0.6) is 0 Å². The number of carbonyl (C=O) groups is 2. The number of ether oxygens (including phenoxy) is 2. The van der Waals surface area contributed by atoms with Gasteiger partial charge in [-0.1, -0.05) is 197 Å². The molecule has 0 radical (unpaired) electrons. The monoisotopic (exact) mass is 971 g/mol. The third-order valence-electron chi connectivity index (χ3n) is 12.2. The van der Waals surface area contributed by atoms with Crippen LogP contribution >= 0.6 is 7.82 Å². The molecule has 0 aromatic carbocycles. The van der Waals surface area contributed by atoms with E-state index in [4.69, 9.17) is 18.5 Å². The summed E-state index contributed by atoms with van der Waals surface area (Å²) in [6, 6.07) is 0. The fourth-order valence-corrected chi connectivity index (χ4v) is 8.89. The van der Waals surface area contributed by atoms with Crippen molar-refractivity contribution in [2.24, 2.45) is 0 Å². The maximum atomic E-state index is 12.9. The van der Waals surface area contributed by atoms with Gasteiger partial charge in [-0.3, -0.25) is 18.6 Å². The van der Waals surface area contributed by atoms with E-state index >= 15 is 0 Å². The van der Waals surface area contributed by atoms with Gasteiger partial charge in [-0.05, 0) is 57.8 Å². The van der Waals surface area contributed by atoms with E-state index in [1.165, 1.54) is 109 Å². The van der Waals surface area contributed by atoms with E-state index in [9.17, 15) is 44.6 Å². The molecular weight excluding hydrogens is 876 g/mol. The Hall–Kier alpha value is -2.19. The van der Waals surface area contributed by atoms with E-state index in [2.05, 4.69) is 62.5 Å². The van der Waals surface area contributed by atoms with Gasteiger partial charge in [0.1, 0.15) is 43.2 Å². The molecule has 0 saturated heterocycles. The quantitative estimate of drug-likeness (QED) is 0.0145. The summed E-state index contributed by atoms with van der Waals surface area (Å²) >= 11 is 0. The number of allylic oxidation sites excluding steroid dienone is 8. The van der Waals surface area contributed by atoms with Crippen molar-refractivity contribution in [1.29, 1.82) is 0 Å². The highest BCUT2D eigenvalue weighted by atomic mass is 31.2. The normalized spacial score (nSPS) is 21.5. The molecule has 6 N–H and O–H groups in total. The average Bonchev–Trinajstić information content (AvgIpc) is 3.31. The van der Waals surface area contributed by atoms with E-state index < -0.39 is 75.7 Å². The Morgan fingerprint density at radius 3 is 1.25 bits per heavy atom. The van der Waals surface area contributed by atoms with Crippen molar-refractivity contribution in [2.45, 2.75) is 262 Å². The van der Waals surface area contributed by atoms with Crippen LogP contribution in [0.3, 0.4) is 0 Å². The predicted octanol–water partition coefficient (Wildman–Crippen LogP) is 11.5. The molecule has 390 valence electrons. The molecule has 0 spiro atoms. The Labute approximate surface area is 405 Å². The Kier molecular flexibility index (Phi) is 40.0. The molecule has 8 atom stereocenters. The summed E-state index contributed by atoms with van der Waals surface area (Å²) in [5, 5.41) is 50.3. The lowest BCUT2D eigenvalue weighted by atomic mass is 9.85. The fourth-order valence-electron chi connectivity index (χ4n) is 7.92. The molecule has 13 nitrogen and oxygen atoms in total. The summed E-state index contributed by atoms with van der Waals surface area (Å²) in [4.78, 5) is 35.9. The van der Waals surface area contributed by atoms with Crippen LogP contribution in [0, 0.1) is 0 Å². The zero-order valence-corrected chi connectivity index (χ0v) is 42.6. The van der Waals surface area contributed by atoms with Gasteiger partial charge in [0.2, 0.25) is 0 Å². The van der Waals surface area contributed by atoms with Gasteiger partial charge in [-0.25, -0.2) is 4.57 Å². The van der Waals surface area contributed by atoms with Gasteiger partial charge in [-0.15, -0.1) is 0 Å².